The smallest absolute Gasteiger partial charge is 0.358 e. The predicted octanol–water partition coefficient (Wildman–Crippen LogP) is 2.06. The molecule has 0 aliphatic rings. The second-order valence-corrected chi connectivity index (χ2v) is 5.08. The number of carboxylic acid groups (broad SMARTS) is 1. The van der Waals surface area contributed by atoms with Crippen molar-refractivity contribution < 1.29 is 19.4 Å². The number of ether oxygens (including phenoxy) is 1. The van der Waals surface area contributed by atoms with E-state index in [1.807, 2.05) is 6.92 Å². The average Bonchev–Trinajstić information content (AvgIpc) is 2.95. The Hall–Kier alpha value is -2.61. The van der Waals surface area contributed by atoms with Gasteiger partial charge >= 0.3 is 5.97 Å². The maximum absolute atomic E-state index is 12.1. The van der Waals surface area contributed by atoms with Gasteiger partial charge in [-0.25, -0.2) is 9.48 Å². The van der Waals surface area contributed by atoms with E-state index >= 15 is 0 Å². The number of amides is 1. The normalized spacial score (nSPS) is 10.3. The van der Waals surface area contributed by atoms with Gasteiger partial charge in [-0.2, -0.15) is 0 Å². The Balaban J connectivity index is 2.06. The van der Waals surface area contributed by atoms with Gasteiger partial charge in [0.15, 0.2) is 5.69 Å². The van der Waals surface area contributed by atoms with Crippen LogP contribution in [-0.2, 0) is 11.3 Å². The lowest BCUT2D eigenvalue weighted by Gasteiger charge is -2.12. The fourth-order valence-corrected chi connectivity index (χ4v) is 1.92. The molecule has 0 saturated heterocycles. The van der Waals surface area contributed by atoms with Crippen LogP contribution in [0.3, 0.4) is 0 Å². The van der Waals surface area contributed by atoms with Gasteiger partial charge in [-0.05, 0) is 24.6 Å². The second-order valence-electron chi connectivity index (χ2n) is 4.64. The number of nitrogens with zero attached hydrogens (tertiary/aromatic N) is 3. The van der Waals surface area contributed by atoms with Crippen LogP contribution in [0.25, 0.3) is 0 Å². The molecule has 8 nitrogen and oxygen atoms in total. The highest BCUT2D eigenvalue weighted by molar-refractivity contribution is 6.31. The van der Waals surface area contributed by atoms with Crippen molar-refractivity contribution in [3.63, 3.8) is 0 Å². The van der Waals surface area contributed by atoms with E-state index in [2.05, 4.69) is 15.6 Å². The number of halogens is 1. The number of rotatable bonds is 7. The van der Waals surface area contributed by atoms with Crippen LogP contribution in [0, 0.1) is 0 Å². The lowest BCUT2D eigenvalue weighted by molar-refractivity contribution is -0.116. The maximum Gasteiger partial charge on any atom is 0.358 e. The Kier molecular flexibility index (Phi) is 5.53. The van der Waals surface area contributed by atoms with Crippen molar-refractivity contribution in [2.75, 3.05) is 11.9 Å². The summed E-state index contributed by atoms with van der Waals surface area (Å²) in [6, 6.07) is 4.92. The zero-order valence-corrected chi connectivity index (χ0v) is 13.1. The third-order valence-corrected chi connectivity index (χ3v) is 2.98. The Morgan fingerprint density at radius 1 is 1.43 bits per heavy atom. The molecule has 0 aliphatic heterocycles. The average molecular weight is 339 g/mol. The maximum atomic E-state index is 12.1. The van der Waals surface area contributed by atoms with Crippen LogP contribution in [-0.4, -0.2) is 38.6 Å². The number of hydrogen-bond donors (Lipinski definition) is 2. The first-order chi connectivity index (χ1) is 11.0. The van der Waals surface area contributed by atoms with Gasteiger partial charge in [0.1, 0.15) is 12.3 Å². The monoisotopic (exact) mass is 338 g/mol. The van der Waals surface area contributed by atoms with E-state index in [9.17, 15) is 9.59 Å². The molecule has 0 spiro atoms. The molecule has 9 heteroatoms. The largest absolute Gasteiger partial charge is 0.491 e. The summed E-state index contributed by atoms with van der Waals surface area (Å²) in [5.74, 6) is -1.10. The lowest BCUT2D eigenvalue weighted by atomic mass is 10.3. The molecular weight excluding hydrogens is 324 g/mol. The van der Waals surface area contributed by atoms with E-state index in [4.69, 9.17) is 21.4 Å². The minimum Gasteiger partial charge on any atom is -0.491 e. The number of carbonyl (C=O) groups excluding carboxylic acids is 1. The molecule has 23 heavy (non-hydrogen) atoms. The molecule has 122 valence electrons. The molecule has 0 aliphatic carbocycles. The van der Waals surface area contributed by atoms with E-state index in [0.29, 0.717) is 23.1 Å². The summed E-state index contributed by atoms with van der Waals surface area (Å²) in [6.45, 7) is 2.30. The topological polar surface area (TPSA) is 106 Å². The van der Waals surface area contributed by atoms with Crippen LogP contribution in [0.2, 0.25) is 5.02 Å². The van der Waals surface area contributed by atoms with Crippen molar-refractivity contribution in [1.29, 1.82) is 0 Å². The Labute approximate surface area is 137 Å². The number of aromatic nitrogens is 3. The first-order valence-corrected chi connectivity index (χ1v) is 7.23. The number of hydrogen-bond acceptors (Lipinski definition) is 5. The van der Waals surface area contributed by atoms with Crippen molar-refractivity contribution in [3.8, 4) is 5.75 Å². The second kappa shape index (κ2) is 7.59. The minimum absolute atomic E-state index is 0.181. The third kappa shape index (κ3) is 4.68. The molecule has 0 bridgehead atoms. The molecular formula is C14H15ClN4O4. The molecule has 2 aromatic rings. The van der Waals surface area contributed by atoms with E-state index in [0.717, 1.165) is 11.1 Å². The van der Waals surface area contributed by atoms with Crippen molar-refractivity contribution in [2.24, 2.45) is 0 Å². The zero-order chi connectivity index (χ0) is 16.8. The number of anilines is 1. The van der Waals surface area contributed by atoms with Crippen molar-refractivity contribution >= 4 is 29.2 Å². The number of benzene rings is 1. The van der Waals surface area contributed by atoms with Crippen molar-refractivity contribution in [2.45, 2.75) is 19.9 Å². The summed E-state index contributed by atoms with van der Waals surface area (Å²) in [6.07, 6.45) is 2.00. The molecule has 0 fully saturated rings. The number of nitrogens with one attached hydrogen (secondary N) is 1. The number of carboxylic acids is 1. The summed E-state index contributed by atoms with van der Waals surface area (Å²) in [5.41, 5.74) is 0.210. The fourth-order valence-electron chi connectivity index (χ4n) is 1.75. The van der Waals surface area contributed by atoms with Crippen LogP contribution in [0.15, 0.2) is 24.4 Å². The van der Waals surface area contributed by atoms with E-state index in [1.54, 1.807) is 18.2 Å². The highest BCUT2D eigenvalue weighted by Gasteiger charge is 2.13. The quantitative estimate of drug-likeness (QED) is 0.800. The van der Waals surface area contributed by atoms with Gasteiger partial charge < -0.3 is 15.2 Å². The van der Waals surface area contributed by atoms with E-state index in [-0.39, 0.29) is 12.2 Å². The molecule has 1 aromatic heterocycles. The SMILES string of the molecule is CCCOc1ccc(Cl)cc1NC(=O)Cn1cc(C(=O)O)nn1. The van der Waals surface area contributed by atoms with Gasteiger partial charge in [-0.15, -0.1) is 5.10 Å². The first kappa shape index (κ1) is 16.8. The van der Waals surface area contributed by atoms with Gasteiger partial charge in [0, 0.05) is 5.02 Å². The standard InChI is InChI=1S/C14H15ClN4O4/c1-2-5-23-12-4-3-9(15)6-10(12)16-13(20)8-19-7-11(14(21)22)17-18-19/h3-4,6-7H,2,5,8H2,1H3,(H,16,20)(H,21,22). The summed E-state index contributed by atoms with van der Waals surface area (Å²) in [7, 11) is 0. The zero-order valence-electron chi connectivity index (χ0n) is 12.3. The highest BCUT2D eigenvalue weighted by atomic mass is 35.5. The molecule has 0 atom stereocenters. The van der Waals surface area contributed by atoms with Crippen LogP contribution in [0.5, 0.6) is 5.75 Å². The fraction of sp³-hybridized carbons (Fsp3) is 0.286. The van der Waals surface area contributed by atoms with Crippen molar-refractivity contribution in [1.82, 2.24) is 15.0 Å². The predicted molar refractivity (Wildman–Crippen MR) is 82.8 cm³/mol. The Morgan fingerprint density at radius 3 is 2.87 bits per heavy atom. The van der Waals surface area contributed by atoms with Crippen LogP contribution < -0.4 is 10.1 Å². The van der Waals surface area contributed by atoms with Gasteiger partial charge in [0.05, 0.1) is 18.5 Å². The van der Waals surface area contributed by atoms with E-state index < -0.39 is 11.9 Å². The summed E-state index contributed by atoms with van der Waals surface area (Å²) < 4.78 is 6.68. The van der Waals surface area contributed by atoms with E-state index in [1.165, 1.54) is 6.20 Å². The van der Waals surface area contributed by atoms with Crippen molar-refractivity contribution in [3.05, 3.63) is 35.1 Å². The lowest BCUT2D eigenvalue weighted by Crippen LogP contribution is -2.19. The van der Waals surface area contributed by atoms with Crippen LogP contribution >= 0.6 is 11.6 Å². The van der Waals surface area contributed by atoms with Crippen LogP contribution in [0.4, 0.5) is 5.69 Å². The summed E-state index contributed by atoms with van der Waals surface area (Å²) in [4.78, 5) is 22.8. The number of carbonyl (C=O) groups is 2. The molecule has 0 saturated carbocycles. The Bertz CT molecular complexity index is 717. The molecule has 1 heterocycles. The minimum atomic E-state index is -1.21. The van der Waals surface area contributed by atoms with Crippen LogP contribution in [0.1, 0.15) is 23.8 Å². The molecule has 0 unspecified atom stereocenters. The summed E-state index contributed by atoms with van der Waals surface area (Å²) >= 11 is 5.93. The first-order valence-electron chi connectivity index (χ1n) is 6.85. The molecule has 2 rings (SSSR count). The van der Waals surface area contributed by atoms with Gasteiger partial charge in [0.25, 0.3) is 0 Å². The molecule has 1 aromatic carbocycles. The number of aromatic carboxylic acids is 1. The molecule has 2 N–H and O–H groups in total. The van der Waals surface area contributed by atoms with Gasteiger partial charge in [-0.3, -0.25) is 4.79 Å². The summed E-state index contributed by atoms with van der Waals surface area (Å²) in [5, 5.41) is 18.9. The molecule has 1 amide bonds. The molecule has 0 radical (unpaired) electrons. The van der Waals surface area contributed by atoms with Gasteiger partial charge in [-0.1, -0.05) is 23.7 Å². The van der Waals surface area contributed by atoms with Gasteiger partial charge in [0.2, 0.25) is 5.91 Å². The third-order valence-electron chi connectivity index (χ3n) is 2.74. The Morgan fingerprint density at radius 2 is 2.22 bits per heavy atom. The highest BCUT2D eigenvalue weighted by Crippen LogP contribution is 2.28.